The minimum Gasteiger partial charge on any atom is -0.453 e. The number of aliphatic hydroxyl groups is 1. The molecule has 1 amide bonds. The third-order valence-electron chi connectivity index (χ3n) is 3.84. The Hall–Kier alpha value is -0.810. The highest BCUT2D eigenvalue weighted by Crippen LogP contribution is 2.21. The van der Waals surface area contributed by atoms with Gasteiger partial charge >= 0.3 is 6.09 Å². The molecule has 0 spiro atoms. The van der Waals surface area contributed by atoms with Gasteiger partial charge in [-0.3, -0.25) is 4.90 Å². The van der Waals surface area contributed by atoms with Gasteiger partial charge in [-0.25, -0.2) is 4.79 Å². The molecule has 0 aromatic carbocycles. The first-order chi connectivity index (χ1) is 8.22. The van der Waals surface area contributed by atoms with E-state index in [4.69, 9.17) is 0 Å². The van der Waals surface area contributed by atoms with Gasteiger partial charge in [-0.15, -0.1) is 0 Å². The highest BCUT2D eigenvalue weighted by Gasteiger charge is 2.34. The van der Waals surface area contributed by atoms with E-state index in [1.165, 1.54) is 26.4 Å². The van der Waals surface area contributed by atoms with Crippen LogP contribution in [0.4, 0.5) is 4.79 Å². The Morgan fingerprint density at radius 2 is 1.94 bits per heavy atom. The number of piperidine rings is 2. The van der Waals surface area contributed by atoms with Gasteiger partial charge in [-0.1, -0.05) is 6.42 Å². The lowest BCUT2D eigenvalue weighted by Gasteiger charge is -2.42. The van der Waals surface area contributed by atoms with Crippen molar-refractivity contribution in [3.8, 4) is 0 Å². The number of hydrogen-bond acceptors (Lipinski definition) is 4. The minimum absolute atomic E-state index is 0.219. The molecule has 0 saturated carbocycles. The molecule has 1 N–H and O–H groups in total. The standard InChI is InChI=1S/C12H22N2O3/c1-17-12(16)14-8-5-10(11(15)9-14)13-6-3-2-4-7-13/h10-11,15H,2-9H2,1H3/t10-,11-/m0/s1. The number of likely N-dealkylation sites (tertiary alicyclic amines) is 2. The fourth-order valence-electron chi connectivity index (χ4n) is 2.89. The predicted molar refractivity (Wildman–Crippen MR) is 63.8 cm³/mol. The zero-order valence-corrected chi connectivity index (χ0v) is 10.5. The lowest BCUT2D eigenvalue weighted by molar-refractivity contribution is -0.0167. The molecule has 0 aromatic rings. The molecule has 2 heterocycles. The van der Waals surface area contributed by atoms with Crippen LogP contribution >= 0.6 is 0 Å². The second-order valence-corrected chi connectivity index (χ2v) is 4.94. The number of carbonyl (C=O) groups excluding carboxylic acids is 1. The van der Waals surface area contributed by atoms with E-state index in [0.717, 1.165) is 19.5 Å². The summed E-state index contributed by atoms with van der Waals surface area (Å²) in [4.78, 5) is 15.3. The van der Waals surface area contributed by atoms with Crippen molar-refractivity contribution in [1.29, 1.82) is 0 Å². The quantitative estimate of drug-likeness (QED) is 0.734. The van der Waals surface area contributed by atoms with Gasteiger partial charge in [0.1, 0.15) is 0 Å². The Labute approximate surface area is 102 Å². The molecule has 0 aliphatic carbocycles. The number of β-amino-alcohol motifs (C(OH)–C–C–N with tert-alkyl or cyclic N) is 1. The van der Waals surface area contributed by atoms with Gasteiger partial charge in [0.25, 0.3) is 0 Å². The first-order valence-electron chi connectivity index (χ1n) is 6.47. The predicted octanol–water partition coefficient (Wildman–Crippen LogP) is 0.674. The van der Waals surface area contributed by atoms with Gasteiger partial charge in [-0.2, -0.15) is 0 Å². The summed E-state index contributed by atoms with van der Waals surface area (Å²) in [5, 5.41) is 10.1. The van der Waals surface area contributed by atoms with Crippen molar-refractivity contribution in [3.05, 3.63) is 0 Å². The van der Waals surface area contributed by atoms with E-state index in [2.05, 4.69) is 9.64 Å². The number of ether oxygens (including phenoxy) is 1. The Bertz CT molecular complexity index is 266. The third kappa shape index (κ3) is 2.90. The molecule has 5 nitrogen and oxygen atoms in total. The molecule has 2 fully saturated rings. The van der Waals surface area contributed by atoms with Crippen LogP contribution in [0.5, 0.6) is 0 Å². The van der Waals surface area contributed by atoms with Crippen LogP contribution in [0.1, 0.15) is 25.7 Å². The zero-order valence-electron chi connectivity index (χ0n) is 10.5. The van der Waals surface area contributed by atoms with Crippen molar-refractivity contribution in [1.82, 2.24) is 9.80 Å². The topological polar surface area (TPSA) is 53.0 Å². The first kappa shape index (κ1) is 12.6. The maximum atomic E-state index is 11.4. The molecule has 2 atom stereocenters. The average Bonchev–Trinajstić information content (AvgIpc) is 2.38. The van der Waals surface area contributed by atoms with Crippen LogP contribution in [0.2, 0.25) is 0 Å². The molecular weight excluding hydrogens is 220 g/mol. The van der Waals surface area contributed by atoms with E-state index in [1.54, 1.807) is 4.90 Å². The fourth-order valence-corrected chi connectivity index (χ4v) is 2.89. The molecule has 98 valence electrons. The van der Waals surface area contributed by atoms with E-state index in [1.807, 2.05) is 0 Å². The summed E-state index contributed by atoms with van der Waals surface area (Å²) in [6.45, 7) is 3.25. The summed E-state index contributed by atoms with van der Waals surface area (Å²) in [6.07, 6.45) is 3.82. The SMILES string of the molecule is COC(=O)N1CC[C@H](N2CCCCC2)[C@@H](O)C1. The molecule has 5 heteroatoms. The molecule has 2 aliphatic rings. The Morgan fingerprint density at radius 3 is 2.53 bits per heavy atom. The molecule has 2 saturated heterocycles. The Kier molecular flexibility index (Phi) is 4.23. The van der Waals surface area contributed by atoms with E-state index < -0.39 is 6.10 Å². The average molecular weight is 242 g/mol. The molecular formula is C12H22N2O3. The number of carbonyl (C=O) groups is 1. The second kappa shape index (κ2) is 5.69. The number of methoxy groups -OCH3 is 1. The Morgan fingerprint density at radius 1 is 1.24 bits per heavy atom. The molecule has 17 heavy (non-hydrogen) atoms. The second-order valence-electron chi connectivity index (χ2n) is 4.94. The largest absolute Gasteiger partial charge is 0.453 e. The monoisotopic (exact) mass is 242 g/mol. The molecule has 2 aliphatic heterocycles. The number of nitrogens with zero attached hydrogens (tertiary/aromatic N) is 2. The smallest absolute Gasteiger partial charge is 0.409 e. The maximum Gasteiger partial charge on any atom is 0.409 e. The molecule has 0 bridgehead atoms. The van der Waals surface area contributed by atoms with Crippen LogP contribution < -0.4 is 0 Å². The van der Waals surface area contributed by atoms with Crippen molar-refractivity contribution in [2.75, 3.05) is 33.3 Å². The highest BCUT2D eigenvalue weighted by molar-refractivity contribution is 5.67. The maximum absolute atomic E-state index is 11.4. The van der Waals surface area contributed by atoms with E-state index in [9.17, 15) is 9.90 Å². The van der Waals surface area contributed by atoms with Crippen molar-refractivity contribution in [3.63, 3.8) is 0 Å². The summed E-state index contributed by atoms with van der Waals surface area (Å²) in [6, 6.07) is 0.219. The van der Waals surface area contributed by atoms with Crippen LogP contribution in [0, 0.1) is 0 Å². The van der Waals surface area contributed by atoms with Gasteiger partial charge in [-0.05, 0) is 32.4 Å². The van der Waals surface area contributed by atoms with Crippen LogP contribution in [-0.2, 0) is 4.74 Å². The molecule has 0 radical (unpaired) electrons. The zero-order chi connectivity index (χ0) is 12.3. The van der Waals surface area contributed by atoms with Crippen molar-refractivity contribution >= 4 is 6.09 Å². The highest BCUT2D eigenvalue weighted by atomic mass is 16.5. The summed E-state index contributed by atoms with van der Waals surface area (Å²) in [7, 11) is 1.38. The van der Waals surface area contributed by atoms with Crippen molar-refractivity contribution in [2.24, 2.45) is 0 Å². The molecule has 0 unspecified atom stereocenters. The molecule has 2 rings (SSSR count). The van der Waals surface area contributed by atoms with Gasteiger partial charge in [0.15, 0.2) is 0 Å². The van der Waals surface area contributed by atoms with Gasteiger partial charge < -0.3 is 14.7 Å². The summed E-state index contributed by atoms with van der Waals surface area (Å²) < 4.78 is 4.68. The first-order valence-corrected chi connectivity index (χ1v) is 6.47. The third-order valence-corrected chi connectivity index (χ3v) is 3.84. The number of amides is 1. The van der Waals surface area contributed by atoms with Gasteiger partial charge in [0, 0.05) is 12.6 Å². The lowest BCUT2D eigenvalue weighted by atomic mass is 9.98. The number of hydrogen-bond donors (Lipinski definition) is 1. The number of aliphatic hydroxyl groups excluding tert-OH is 1. The van der Waals surface area contributed by atoms with Gasteiger partial charge in [0.2, 0.25) is 0 Å². The van der Waals surface area contributed by atoms with E-state index >= 15 is 0 Å². The Balaban J connectivity index is 1.88. The van der Waals surface area contributed by atoms with Crippen LogP contribution in [0.15, 0.2) is 0 Å². The van der Waals surface area contributed by atoms with Crippen molar-refractivity contribution < 1.29 is 14.6 Å². The van der Waals surface area contributed by atoms with Crippen molar-refractivity contribution in [2.45, 2.75) is 37.8 Å². The normalized spacial score (nSPS) is 31.3. The lowest BCUT2D eigenvalue weighted by Crippen LogP contribution is -2.56. The summed E-state index contributed by atoms with van der Waals surface area (Å²) in [5.41, 5.74) is 0. The summed E-state index contributed by atoms with van der Waals surface area (Å²) in [5.74, 6) is 0. The fraction of sp³-hybridized carbons (Fsp3) is 0.917. The van der Waals surface area contributed by atoms with E-state index in [0.29, 0.717) is 13.1 Å². The summed E-state index contributed by atoms with van der Waals surface area (Å²) >= 11 is 0. The van der Waals surface area contributed by atoms with Crippen LogP contribution in [0.3, 0.4) is 0 Å². The van der Waals surface area contributed by atoms with E-state index in [-0.39, 0.29) is 12.1 Å². The minimum atomic E-state index is -0.444. The van der Waals surface area contributed by atoms with Crippen LogP contribution in [-0.4, -0.2) is 66.4 Å². The van der Waals surface area contributed by atoms with Gasteiger partial charge in [0.05, 0.1) is 19.8 Å². The molecule has 0 aromatic heterocycles. The number of rotatable bonds is 1. The van der Waals surface area contributed by atoms with Crippen LogP contribution in [0.25, 0.3) is 0 Å².